The molecule has 2 aromatic rings. The van der Waals surface area contributed by atoms with Crippen molar-refractivity contribution in [3.05, 3.63) is 69.4 Å². The lowest BCUT2D eigenvalue weighted by Crippen LogP contribution is -2.01. The quantitative estimate of drug-likeness (QED) is 0.888. The first-order valence-corrected chi connectivity index (χ1v) is 6.07. The maximum Gasteiger partial charge on any atom is 0.123 e. The molecule has 0 spiro atoms. The molecule has 1 nitrogen and oxygen atoms in total. The molecule has 88 valence electrons. The molecule has 0 aromatic heterocycles. The van der Waals surface area contributed by atoms with Gasteiger partial charge in [-0.25, -0.2) is 4.39 Å². The molecule has 0 saturated heterocycles. The summed E-state index contributed by atoms with van der Waals surface area (Å²) in [4.78, 5) is 0. The Morgan fingerprint density at radius 2 is 1.94 bits per heavy atom. The van der Waals surface area contributed by atoms with E-state index in [0.717, 1.165) is 15.6 Å². The minimum atomic E-state index is -0.819. The van der Waals surface area contributed by atoms with E-state index < -0.39 is 6.10 Å². The van der Waals surface area contributed by atoms with E-state index >= 15 is 0 Å². The Bertz CT molecular complexity index is 539. The number of aliphatic hydroxyl groups excluding tert-OH is 1. The fourth-order valence-corrected chi connectivity index (χ4v) is 2.19. The molecule has 0 bridgehead atoms. The first-order chi connectivity index (χ1) is 8.08. The second-order valence-corrected chi connectivity index (χ2v) is 4.84. The van der Waals surface area contributed by atoms with Gasteiger partial charge in [-0.05, 0) is 36.2 Å². The fourth-order valence-electron chi connectivity index (χ4n) is 1.73. The zero-order valence-corrected chi connectivity index (χ0v) is 10.9. The van der Waals surface area contributed by atoms with E-state index in [9.17, 15) is 9.50 Å². The minimum Gasteiger partial charge on any atom is -0.384 e. The van der Waals surface area contributed by atoms with Crippen LogP contribution in [0.4, 0.5) is 4.39 Å². The summed E-state index contributed by atoms with van der Waals surface area (Å²) in [6.07, 6.45) is -0.819. The lowest BCUT2D eigenvalue weighted by Gasteiger charge is -2.14. The Kier molecular flexibility index (Phi) is 3.60. The molecule has 0 aliphatic heterocycles. The van der Waals surface area contributed by atoms with Crippen LogP contribution in [0.3, 0.4) is 0 Å². The first-order valence-electron chi connectivity index (χ1n) is 5.27. The van der Waals surface area contributed by atoms with Gasteiger partial charge in [0.1, 0.15) is 11.9 Å². The van der Waals surface area contributed by atoms with E-state index in [4.69, 9.17) is 0 Å². The lowest BCUT2D eigenvalue weighted by molar-refractivity contribution is 0.219. The van der Waals surface area contributed by atoms with Gasteiger partial charge in [0.25, 0.3) is 0 Å². The summed E-state index contributed by atoms with van der Waals surface area (Å²) < 4.78 is 13.9. The van der Waals surface area contributed by atoms with Crippen molar-refractivity contribution < 1.29 is 9.50 Å². The summed E-state index contributed by atoms with van der Waals surface area (Å²) in [7, 11) is 0. The second-order valence-electron chi connectivity index (χ2n) is 3.98. The van der Waals surface area contributed by atoms with Crippen LogP contribution in [0.5, 0.6) is 0 Å². The third-order valence-corrected chi connectivity index (χ3v) is 3.33. The van der Waals surface area contributed by atoms with Gasteiger partial charge in [-0.2, -0.15) is 0 Å². The van der Waals surface area contributed by atoms with Gasteiger partial charge in [-0.3, -0.25) is 0 Å². The van der Waals surface area contributed by atoms with E-state index in [1.807, 2.05) is 25.1 Å². The van der Waals surface area contributed by atoms with Crippen molar-refractivity contribution in [2.75, 3.05) is 0 Å². The van der Waals surface area contributed by atoms with Crippen LogP contribution < -0.4 is 0 Å². The monoisotopic (exact) mass is 294 g/mol. The Hall–Kier alpha value is -1.19. The van der Waals surface area contributed by atoms with Gasteiger partial charge in [0.2, 0.25) is 0 Å². The number of halogens is 2. The topological polar surface area (TPSA) is 20.2 Å². The van der Waals surface area contributed by atoms with Crippen LogP contribution in [-0.4, -0.2) is 5.11 Å². The molecule has 1 atom stereocenters. The van der Waals surface area contributed by atoms with Crippen molar-refractivity contribution >= 4 is 15.9 Å². The van der Waals surface area contributed by atoms with E-state index in [0.29, 0.717) is 5.56 Å². The number of hydrogen-bond acceptors (Lipinski definition) is 1. The number of rotatable bonds is 2. The van der Waals surface area contributed by atoms with Gasteiger partial charge in [0, 0.05) is 4.47 Å². The highest BCUT2D eigenvalue weighted by molar-refractivity contribution is 9.10. The van der Waals surface area contributed by atoms with E-state index in [1.54, 1.807) is 12.1 Å². The van der Waals surface area contributed by atoms with Crippen LogP contribution in [-0.2, 0) is 0 Å². The summed E-state index contributed by atoms with van der Waals surface area (Å²) in [6.45, 7) is 1.95. The van der Waals surface area contributed by atoms with Crippen LogP contribution in [0.25, 0.3) is 0 Å². The lowest BCUT2D eigenvalue weighted by atomic mass is 10.00. The molecular formula is C14H12BrFO. The number of hydrogen-bond donors (Lipinski definition) is 1. The van der Waals surface area contributed by atoms with Gasteiger partial charge in [-0.1, -0.05) is 45.8 Å². The van der Waals surface area contributed by atoms with Crippen LogP contribution in [0.2, 0.25) is 0 Å². The van der Waals surface area contributed by atoms with Crippen LogP contribution in [0, 0.1) is 12.7 Å². The van der Waals surface area contributed by atoms with Crippen molar-refractivity contribution in [2.24, 2.45) is 0 Å². The molecule has 0 heterocycles. The Morgan fingerprint density at radius 1 is 1.18 bits per heavy atom. The van der Waals surface area contributed by atoms with Crippen molar-refractivity contribution in [2.45, 2.75) is 13.0 Å². The first kappa shape index (κ1) is 12.3. The maximum absolute atomic E-state index is 13.1. The Labute approximate surface area is 108 Å². The van der Waals surface area contributed by atoms with Crippen molar-refractivity contribution in [3.8, 4) is 0 Å². The summed E-state index contributed by atoms with van der Waals surface area (Å²) in [5.41, 5.74) is 2.35. The number of aliphatic hydroxyl groups is 1. The van der Waals surface area contributed by atoms with Gasteiger partial charge in [-0.15, -0.1) is 0 Å². The van der Waals surface area contributed by atoms with Gasteiger partial charge in [0.05, 0.1) is 0 Å². The van der Waals surface area contributed by atoms with Gasteiger partial charge < -0.3 is 5.11 Å². The zero-order chi connectivity index (χ0) is 12.4. The predicted molar refractivity (Wildman–Crippen MR) is 69.3 cm³/mol. The molecule has 3 heteroatoms. The highest BCUT2D eigenvalue weighted by Gasteiger charge is 2.14. The summed E-state index contributed by atoms with van der Waals surface area (Å²) in [5, 5.41) is 10.2. The second kappa shape index (κ2) is 4.98. The maximum atomic E-state index is 13.1. The molecule has 1 N–H and O–H groups in total. The van der Waals surface area contributed by atoms with Crippen molar-refractivity contribution in [3.63, 3.8) is 0 Å². The zero-order valence-electron chi connectivity index (χ0n) is 9.32. The van der Waals surface area contributed by atoms with E-state index in [2.05, 4.69) is 15.9 Å². The highest BCUT2D eigenvalue weighted by atomic mass is 79.9. The van der Waals surface area contributed by atoms with Gasteiger partial charge >= 0.3 is 0 Å². The largest absolute Gasteiger partial charge is 0.384 e. The molecule has 2 rings (SSSR count). The van der Waals surface area contributed by atoms with Crippen molar-refractivity contribution in [1.29, 1.82) is 0 Å². The van der Waals surface area contributed by atoms with Crippen LogP contribution >= 0.6 is 15.9 Å². The van der Waals surface area contributed by atoms with E-state index in [1.165, 1.54) is 12.1 Å². The standard InChI is InChI=1S/C14H12BrFO/c1-9-5-6-13(15)12(7-9)14(17)10-3-2-4-11(16)8-10/h2-8,14,17H,1H3. The summed E-state index contributed by atoms with van der Waals surface area (Å²) in [5.74, 6) is -0.342. The normalized spacial score (nSPS) is 12.5. The van der Waals surface area contributed by atoms with E-state index in [-0.39, 0.29) is 5.82 Å². The van der Waals surface area contributed by atoms with Crippen molar-refractivity contribution in [1.82, 2.24) is 0 Å². The average Bonchev–Trinajstić information content (AvgIpc) is 2.31. The van der Waals surface area contributed by atoms with Crippen LogP contribution in [0.15, 0.2) is 46.9 Å². The molecule has 0 radical (unpaired) electrons. The molecule has 0 aliphatic carbocycles. The molecule has 17 heavy (non-hydrogen) atoms. The highest BCUT2D eigenvalue weighted by Crippen LogP contribution is 2.29. The number of aryl methyl sites for hydroxylation is 1. The third-order valence-electron chi connectivity index (χ3n) is 2.61. The molecule has 2 aromatic carbocycles. The molecule has 0 fully saturated rings. The molecule has 0 aliphatic rings. The molecular weight excluding hydrogens is 283 g/mol. The third kappa shape index (κ3) is 2.73. The molecule has 0 saturated carbocycles. The fraction of sp³-hybridized carbons (Fsp3) is 0.143. The minimum absolute atomic E-state index is 0.342. The molecule has 1 unspecified atom stereocenters. The summed E-state index contributed by atoms with van der Waals surface area (Å²) >= 11 is 3.39. The molecule has 0 amide bonds. The average molecular weight is 295 g/mol. The van der Waals surface area contributed by atoms with Crippen LogP contribution in [0.1, 0.15) is 22.8 Å². The Balaban J connectivity index is 2.43. The Morgan fingerprint density at radius 3 is 2.65 bits per heavy atom. The number of benzene rings is 2. The predicted octanol–water partition coefficient (Wildman–Crippen LogP) is 3.98. The smallest absolute Gasteiger partial charge is 0.123 e. The summed E-state index contributed by atoms with van der Waals surface area (Å²) in [6, 6.07) is 11.7. The SMILES string of the molecule is Cc1ccc(Br)c(C(O)c2cccc(F)c2)c1. The van der Waals surface area contributed by atoms with Gasteiger partial charge in [0.15, 0.2) is 0 Å².